The Morgan fingerprint density at radius 1 is 0.767 bits per heavy atom. The second-order valence-electron chi connectivity index (χ2n) is 10.2. The van der Waals surface area contributed by atoms with Gasteiger partial charge in [-0.1, -0.05) is 45.4 Å². The van der Waals surface area contributed by atoms with Crippen LogP contribution in [0.15, 0.2) is 0 Å². The molecule has 0 aliphatic rings. The third-order valence-corrected chi connectivity index (χ3v) is 7.37. The maximum absolute atomic E-state index is 12.1. The number of carbonyl (C=O) groups is 6. The summed E-state index contributed by atoms with van der Waals surface area (Å²) in [5, 5.41) is 25.8. The first kappa shape index (κ1) is 40.1. The summed E-state index contributed by atoms with van der Waals surface area (Å²) in [5.74, 6) is -3.13. The average Bonchev–Trinajstić information content (AvgIpc) is 2.94. The first-order valence-electron chi connectivity index (χ1n) is 14.8. The second kappa shape index (κ2) is 26.7. The molecule has 0 radical (unpaired) electrons. The first-order chi connectivity index (χ1) is 20.5. The highest BCUT2D eigenvalue weighted by Gasteiger charge is 2.21. The van der Waals surface area contributed by atoms with E-state index in [1.165, 1.54) is 11.8 Å². The van der Waals surface area contributed by atoms with Crippen LogP contribution in [0, 0.1) is 5.92 Å². The van der Waals surface area contributed by atoms with E-state index in [4.69, 9.17) is 20.3 Å². The summed E-state index contributed by atoms with van der Waals surface area (Å²) in [5.41, 5.74) is 5.06. The molecular formula is C28H50N4O10S. The number of hydrogen-bond donors (Lipinski definition) is 6. The molecule has 0 saturated carbocycles. The highest BCUT2D eigenvalue weighted by molar-refractivity contribution is 7.99. The van der Waals surface area contributed by atoms with E-state index < -0.39 is 29.8 Å². The van der Waals surface area contributed by atoms with Gasteiger partial charge in [-0.25, -0.2) is 4.79 Å². The molecule has 0 aromatic carbocycles. The molecule has 0 rings (SSSR count). The minimum absolute atomic E-state index is 0.0379. The molecule has 43 heavy (non-hydrogen) atoms. The van der Waals surface area contributed by atoms with Gasteiger partial charge in [-0.15, -0.1) is 0 Å². The van der Waals surface area contributed by atoms with E-state index in [9.17, 15) is 33.9 Å². The lowest BCUT2D eigenvalue weighted by Gasteiger charge is -2.15. The van der Waals surface area contributed by atoms with Crippen LogP contribution >= 0.6 is 11.8 Å². The van der Waals surface area contributed by atoms with Crippen LogP contribution in [-0.2, 0) is 38.2 Å². The highest BCUT2D eigenvalue weighted by atomic mass is 32.2. The van der Waals surface area contributed by atoms with Gasteiger partial charge in [0.2, 0.25) is 23.6 Å². The fourth-order valence-electron chi connectivity index (χ4n) is 3.76. The minimum Gasteiger partial charge on any atom is -0.481 e. The predicted octanol–water partition coefficient (Wildman–Crippen LogP) is 1.05. The highest BCUT2D eigenvalue weighted by Crippen LogP contribution is 2.10. The van der Waals surface area contributed by atoms with Crippen molar-refractivity contribution >= 4 is 47.3 Å². The van der Waals surface area contributed by atoms with Gasteiger partial charge in [-0.05, 0) is 19.3 Å². The fraction of sp³-hybridized carbons (Fsp3) is 0.786. The lowest BCUT2D eigenvalue weighted by molar-refractivity contribution is -0.143. The Balaban J connectivity index is 3.82. The van der Waals surface area contributed by atoms with Crippen molar-refractivity contribution in [1.29, 1.82) is 0 Å². The number of nitrogens with two attached hydrogens (primary N) is 1. The predicted molar refractivity (Wildman–Crippen MR) is 161 cm³/mol. The average molecular weight is 635 g/mol. The number of ether oxygens (including phenoxy) is 2. The monoisotopic (exact) mass is 634 g/mol. The number of primary amides is 1. The van der Waals surface area contributed by atoms with Crippen LogP contribution in [0.5, 0.6) is 0 Å². The van der Waals surface area contributed by atoms with Gasteiger partial charge in [0.25, 0.3) is 0 Å². The molecule has 0 heterocycles. The van der Waals surface area contributed by atoms with E-state index >= 15 is 0 Å². The van der Waals surface area contributed by atoms with Crippen molar-refractivity contribution in [1.82, 2.24) is 16.0 Å². The molecule has 0 spiro atoms. The molecule has 0 unspecified atom stereocenters. The van der Waals surface area contributed by atoms with Gasteiger partial charge in [0.15, 0.2) is 0 Å². The fourth-order valence-corrected chi connectivity index (χ4v) is 4.59. The van der Waals surface area contributed by atoms with Crippen molar-refractivity contribution in [3.63, 3.8) is 0 Å². The van der Waals surface area contributed by atoms with Crippen LogP contribution in [0.2, 0.25) is 0 Å². The van der Waals surface area contributed by atoms with Crippen LogP contribution in [0.4, 0.5) is 0 Å². The summed E-state index contributed by atoms with van der Waals surface area (Å²) in [6.07, 6.45) is 7.75. The van der Waals surface area contributed by atoms with Gasteiger partial charge in [0, 0.05) is 37.6 Å². The molecule has 248 valence electrons. The SMILES string of the molecule is C[C@@H](CSCC(N)=O)C(=O)NCCOCCOCC(=O)N[C@@H](CCC(=O)NCCCCCCCCCCC(=O)O)C(=O)O. The third-order valence-electron chi connectivity index (χ3n) is 6.14. The lowest BCUT2D eigenvalue weighted by atomic mass is 10.1. The number of carbonyl (C=O) groups excluding carboxylic acids is 4. The van der Waals surface area contributed by atoms with Gasteiger partial charge in [0.05, 0.1) is 25.6 Å². The molecular weight excluding hydrogens is 584 g/mol. The van der Waals surface area contributed by atoms with Crippen molar-refractivity contribution in [2.24, 2.45) is 11.7 Å². The van der Waals surface area contributed by atoms with Gasteiger partial charge in [0.1, 0.15) is 12.6 Å². The van der Waals surface area contributed by atoms with Crippen molar-refractivity contribution in [2.75, 3.05) is 51.0 Å². The number of hydrogen-bond acceptors (Lipinski definition) is 9. The summed E-state index contributed by atoms with van der Waals surface area (Å²) in [7, 11) is 0. The van der Waals surface area contributed by atoms with Crippen LogP contribution in [0.1, 0.15) is 77.6 Å². The van der Waals surface area contributed by atoms with Crippen LogP contribution in [0.3, 0.4) is 0 Å². The van der Waals surface area contributed by atoms with Gasteiger partial charge >= 0.3 is 11.9 Å². The number of aliphatic carboxylic acids is 2. The molecule has 0 saturated heterocycles. The molecule has 0 aromatic rings. The van der Waals surface area contributed by atoms with E-state index in [1.807, 2.05) is 0 Å². The molecule has 15 heteroatoms. The van der Waals surface area contributed by atoms with Gasteiger partial charge < -0.3 is 41.4 Å². The topological polar surface area (TPSA) is 223 Å². The minimum atomic E-state index is -1.24. The number of carboxylic acids is 2. The number of carboxylic acid groups (broad SMARTS) is 2. The summed E-state index contributed by atoms with van der Waals surface area (Å²) < 4.78 is 10.5. The smallest absolute Gasteiger partial charge is 0.326 e. The number of rotatable bonds is 29. The zero-order valence-corrected chi connectivity index (χ0v) is 26.1. The van der Waals surface area contributed by atoms with Crippen molar-refractivity contribution in [3.8, 4) is 0 Å². The first-order valence-corrected chi connectivity index (χ1v) is 16.0. The van der Waals surface area contributed by atoms with Gasteiger partial charge in [-0.3, -0.25) is 24.0 Å². The summed E-state index contributed by atoms with van der Waals surface area (Å²) >= 11 is 1.29. The lowest BCUT2D eigenvalue weighted by Crippen LogP contribution is -2.43. The molecule has 2 atom stereocenters. The van der Waals surface area contributed by atoms with E-state index in [0.717, 1.165) is 44.9 Å². The Hall–Kier alpha value is -2.91. The Morgan fingerprint density at radius 3 is 2.02 bits per heavy atom. The molecule has 0 bridgehead atoms. The number of nitrogens with one attached hydrogen (secondary N) is 3. The summed E-state index contributed by atoms with van der Waals surface area (Å²) in [6.45, 7) is 2.68. The van der Waals surface area contributed by atoms with E-state index in [1.54, 1.807) is 6.92 Å². The Labute approximate surface area is 257 Å². The number of amides is 4. The second-order valence-corrected chi connectivity index (χ2v) is 11.2. The van der Waals surface area contributed by atoms with E-state index in [2.05, 4.69) is 16.0 Å². The quantitative estimate of drug-likeness (QED) is 0.0638. The molecule has 7 N–H and O–H groups in total. The molecule has 0 aliphatic carbocycles. The standard InChI is InChI=1S/C28H50N4O10S/c1-21(19-43-20-23(29)33)27(38)31-14-15-41-16-17-42-18-25(35)32-22(28(39)40)11-12-24(34)30-13-9-7-5-3-2-4-6-8-10-26(36)37/h21-22H,2-20H2,1H3,(H2,29,33)(H,30,34)(H,31,38)(H,32,35)(H,36,37)(H,39,40)/t21-,22-/m0/s1. The number of unbranched alkanes of at least 4 members (excludes halogenated alkanes) is 7. The van der Waals surface area contributed by atoms with Crippen LogP contribution in [0.25, 0.3) is 0 Å². The molecule has 4 amide bonds. The molecule has 0 aliphatic heterocycles. The van der Waals surface area contributed by atoms with Crippen molar-refractivity contribution < 1.29 is 48.5 Å². The Bertz CT molecular complexity index is 846. The van der Waals surface area contributed by atoms with E-state index in [0.29, 0.717) is 18.7 Å². The molecule has 14 nitrogen and oxygen atoms in total. The maximum Gasteiger partial charge on any atom is 0.326 e. The zero-order valence-electron chi connectivity index (χ0n) is 25.2. The Kier molecular flexibility index (Phi) is 24.9. The number of thioether (sulfide) groups is 1. The van der Waals surface area contributed by atoms with Crippen molar-refractivity contribution in [3.05, 3.63) is 0 Å². The summed E-state index contributed by atoms with van der Waals surface area (Å²) in [4.78, 5) is 68.7. The Morgan fingerprint density at radius 2 is 1.40 bits per heavy atom. The van der Waals surface area contributed by atoms with Crippen LogP contribution in [-0.4, -0.2) is 103 Å². The zero-order chi connectivity index (χ0) is 32.3. The van der Waals surface area contributed by atoms with Gasteiger partial charge in [-0.2, -0.15) is 11.8 Å². The van der Waals surface area contributed by atoms with Crippen LogP contribution < -0.4 is 21.7 Å². The maximum atomic E-state index is 12.1. The third kappa shape index (κ3) is 26.4. The van der Waals surface area contributed by atoms with E-state index in [-0.39, 0.29) is 75.7 Å². The molecule has 0 fully saturated rings. The molecule has 0 aromatic heterocycles. The summed E-state index contributed by atoms with van der Waals surface area (Å²) in [6, 6.07) is -1.21. The largest absolute Gasteiger partial charge is 0.481 e. The normalized spacial score (nSPS) is 12.2. The van der Waals surface area contributed by atoms with Crippen molar-refractivity contribution in [2.45, 2.75) is 83.6 Å².